The monoisotopic (exact) mass is 290 g/mol. The molecule has 1 heterocycles. The van der Waals surface area contributed by atoms with Gasteiger partial charge in [-0.25, -0.2) is 4.98 Å². The Bertz CT molecular complexity index is 917. The average Bonchev–Trinajstić information content (AvgIpc) is 2.97. The highest BCUT2D eigenvalue weighted by Gasteiger charge is 2.07. The van der Waals surface area contributed by atoms with E-state index in [1.54, 1.807) is 29.1 Å². The van der Waals surface area contributed by atoms with E-state index < -0.39 is 4.92 Å². The fourth-order valence-electron chi connectivity index (χ4n) is 2.16. The van der Waals surface area contributed by atoms with E-state index in [0.29, 0.717) is 11.3 Å². The van der Waals surface area contributed by atoms with Crippen molar-refractivity contribution >= 4 is 28.5 Å². The van der Waals surface area contributed by atoms with Gasteiger partial charge in [-0.05, 0) is 35.9 Å². The fraction of sp³-hybridized carbons (Fsp3) is 0. The summed E-state index contributed by atoms with van der Waals surface area (Å²) in [5.74, 6) is 0. The zero-order valence-corrected chi connectivity index (χ0v) is 11.4. The molecular formula is C16H10N4O2. The first-order valence-electron chi connectivity index (χ1n) is 6.48. The van der Waals surface area contributed by atoms with Gasteiger partial charge in [0.05, 0.1) is 16.0 Å². The van der Waals surface area contributed by atoms with Gasteiger partial charge in [0, 0.05) is 12.1 Å². The highest BCUT2D eigenvalue weighted by atomic mass is 16.6. The first-order valence-corrected chi connectivity index (χ1v) is 6.48. The number of nitro benzene ring substituents is 1. The van der Waals surface area contributed by atoms with Crippen molar-refractivity contribution in [1.29, 1.82) is 5.26 Å². The molecule has 0 aliphatic heterocycles. The largest absolute Gasteiger partial charge is 0.290 e. The van der Waals surface area contributed by atoms with Crippen LogP contribution in [-0.4, -0.2) is 14.5 Å². The number of rotatable bonds is 3. The van der Waals surface area contributed by atoms with Crippen LogP contribution in [0.4, 0.5) is 5.69 Å². The molecule has 0 N–H and O–H groups in total. The molecular weight excluding hydrogens is 280 g/mol. The standard InChI is InChI=1S/C16H10N4O2/c17-10-14(9-12-5-7-13(8-6-12)20(21)22)19-11-18-15-3-1-2-4-16(15)19/h1-9,11H/b14-9+. The Morgan fingerprint density at radius 2 is 1.95 bits per heavy atom. The third-order valence-electron chi connectivity index (χ3n) is 3.23. The summed E-state index contributed by atoms with van der Waals surface area (Å²) in [5.41, 5.74) is 2.75. The summed E-state index contributed by atoms with van der Waals surface area (Å²) in [7, 11) is 0. The smallest absolute Gasteiger partial charge is 0.269 e. The Morgan fingerprint density at radius 3 is 2.64 bits per heavy atom. The number of non-ortho nitro benzene ring substituents is 1. The van der Waals surface area contributed by atoms with Crippen LogP contribution in [0, 0.1) is 21.4 Å². The van der Waals surface area contributed by atoms with Gasteiger partial charge in [0.25, 0.3) is 5.69 Å². The van der Waals surface area contributed by atoms with Crippen molar-refractivity contribution in [3.05, 3.63) is 70.5 Å². The van der Waals surface area contributed by atoms with Crippen molar-refractivity contribution in [1.82, 2.24) is 9.55 Å². The minimum Gasteiger partial charge on any atom is -0.290 e. The Hall–Kier alpha value is -3.46. The third-order valence-corrected chi connectivity index (χ3v) is 3.23. The number of hydrogen-bond acceptors (Lipinski definition) is 4. The van der Waals surface area contributed by atoms with Gasteiger partial charge in [-0.3, -0.25) is 14.7 Å². The van der Waals surface area contributed by atoms with Crippen LogP contribution in [0.15, 0.2) is 54.9 Å². The van der Waals surface area contributed by atoms with E-state index >= 15 is 0 Å². The predicted octanol–water partition coefficient (Wildman–Crippen LogP) is 3.47. The molecule has 3 rings (SSSR count). The molecule has 0 unspecified atom stereocenters. The highest BCUT2D eigenvalue weighted by molar-refractivity contribution is 5.87. The van der Waals surface area contributed by atoms with Gasteiger partial charge < -0.3 is 0 Å². The van der Waals surface area contributed by atoms with Crippen molar-refractivity contribution < 1.29 is 4.92 Å². The molecule has 106 valence electrons. The summed E-state index contributed by atoms with van der Waals surface area (Å²) < 4.78 is 1.69. The summed E-state index contributed by atoms with van der Waals surface area (Å²) in [4.78, 5) is 14.4. The van der Waals surface area contributed by atoms with E-state index in [2.05, 4.69) is 11.1 Å². The lowest BCUT2D eigenvalue weighted by molar-refractivity contribution is -0.384. The van der Waals surface area contributed by atoms with Gasteiger partial charge >= 0.3 is 0 Å². The third kappa shape index (κ3) is 2.43. The molecule has 0 aliphatic rings. The van der Waals surface area contributed by atoms with Crippen molar-refractivity contribution in [2.75, 3.05) is 0 Å². The quantitative estimate of drug-likeness (QED) is 0.420. The molecule has 0 radical (unpaired) electrons. The maximum atomic E-state index is 10.6. The number of nitrogens with zero attached hydrogens (tertiary/aromatic N) is 4. The second-order valence-electron chi connectivity index (χ2n) is 4.59. The van der Waals surface area contributed by atoms with E-state index in [9.17, 15) is 15.4 Å². The van der Waals surface area contributed by atoms with Crippen LogP contribution >= 0.6 is 0 Å². The maximum Gasteiger partial charge on any atom is 0.269 e. The Balaban J connectivity index is 2.04. The molecule has 0 bridgehead atoms. The molecule has 0 spiro atoms. The minimum atomic E-state index is -0.456. The highest BCUT2D eigenvalue weighted by Crippen LogP contribution is 2.20. The normalized spacial score (nSPS) is 11.3. The van der Waals surface area contributed by atoms with Crippen molar-refractivity contribution in [3.8, 4) is 6.07 Å². The molecule has 0 amide bonds. The van der Waals surface area contributed by atoms with Gasteiger partial charge in [0.15, 0.2) is 0 Å². The number of nitro groups is 1. The first-order chi connectivity index (χ1) is 10.7. The molecule has 0 saturated heterocycles. The number of allylic oxidation sites excluding steroid dienone is 1. The van der Waals surface area contributed by atoms with Crippen LogP contribution < -0.4 is 0 Å². The molecule has 0 aliphatic carbocycles. The number of imidazole rings is 1. The fourth-order valence-corrected chi connectivity index (χ4v) is 2.16. The van der Waals surface area contributed by atoms with Crippen LogP contribution in [-0.2, 0) is 0 Å². The van der Waals surface area contributed by atoms with Crippen LogP contribution in [0.25, 0.3) is 22.8 Å². The maximum absolute atomic E-state index is 10.6. The number of aromatic nitrogens is 2. The number of nitriles is 1. The van der Waals surface area contributed by atoms with E-state index in [-0.39, 0.29) is 5.69 Å². The molecule has 0 saturated carbocycles. The molecule has 6 heteroatoms. The lowest BCUT2D eigenvalue weighted by Crippen LogP contribution is -1.93. The predicted molar refractivity (Wildman–Crippen MR) is 82.6 cm³/mol. The summed E-state index contributed by atoms with van der Waals surface area (Å²) in [6, 6.07) is 15.7. The minimum absolute atomic E-state index is 0.0174. The number of para-hydroxylation sites is 2. The molecule has 3 aromatic rings. The van der Waals surface area contributed by atoms with E-state index in [4.69, 9.17) is 0 Å². The SMILES string of the molecule is N#C/C(=C\c1ccc([N+](=O)[O-])cc1)n1cnc2ccccc21. The summed E-state index contributed by atoms with van der Waals surface area (Å²) in [6.45, 7) is 0. The van der Waals surface area contributed by atoms with Crippen LogP contribution in [0.3, 0.4) is 0 Å². The lowest BCUT2D eigenvalue weighted by atomic mass is 10.2. The molecule has 2 aromatic carbocycles. The van der Waals surface area contributed by atoms with Crippen LogP contribution in [0.2, 0.25) is 0 Å². The molecule has 0 fully saturated rings. The number of benzene rings is 2. The first kappa shape index (κ1) is 13.5. The van der Waals surface area contributed by atoms with Gasteiger partial charge in [-0.1, -0.05) is 12.1 Å². The number of fused-ring (bicyclic) bond motifs is 1. The second kappa shape index (κ2) is 5.50. The van der Waals surface area contributed by atoms with Crippen LogP contribution in [0.5, 0.6) is 0 Å². The Kier molecular flexibility index (Phi) is 3.38. The molecule has 1 aromatic heterocycles. The molecule has 0 atom stereocenters. The van der Waals surface area contributed by atoms with Gasteiger partial charge in [0.1, 0.15) is 18.1 Å². The van der Waals surface area contributed by atoms with Crippen LogP contribution in [0.1, 0.15) is 5.56 Å². The second-order valence-corrected chi connectivity index (χ2v) is 4.59. The summed E-state index contributed by atoms with van der Waals surface area (Å²) in [5, 5.41) is 20.0. The Morgan fingerprint density at radius 1 is 1.23 bits per heavy atom. The van der Waals surface area contributed by atoms with Crippen molar-refractivity contribution in [2.24, 2.45) is 0 Å². The van der Waals surface area contributed by atoms with Crippen molar-refractivity contribution in [2.45, 2.75) is 0 Å². The topological polar surface area (TPSA) is 84.7 Å². The Labute approximate surface area is 125 Å². The van der Waals surface area contributed by atoms with Crippen molar-refractivity contribution in [3.63, 3.8) is 0 Å². The van der Waals surface area contributed by atoms with E-state index in [0.717, 1.165) is 11.0 Å². The van der Waals surface area contributed by atoms with Gasteiger partial charge in [0.2, 0.25) is 0 Å². The molecule has 22 heavy (non-hydrogen) atoms. The van der Waals surface area contributed by atoms with E-state index in [1.807, 2.05) is 24.3 Å². The molecule has 6 nitrogen and oxygen atoms in total. The summed E-state index contributed by atoms with van der Waals surface area (Å²) in [6.07, 6.45) is 3.25. The van der Waals surface area contributed by atoms with Gasteiger partial charge in [-0.15, -0.1) is 0 Å². The summed E-state index contributed by atoms with van der Waals surface area (Å²) >= 11 is 0. The zero-order chi connectivity index (χ0) is 15.5. The average molecular weight is 290 g/mol. The van der Waals surface area contributed by atoms with E-state index in [1.165, 1.54) is 12.1 Å². The number of hydrogen-bond donors (Lipinski definition) is 0. The van der Waals surface area contributed by atoms with Gasteiger partial charge in [-0.2, -0.15) is 5.26 Å². The zero-order valence-electron chi connectivity index (χ0n) is 11.4. The lowest BCUT2D eigenvalue weighted by Gasteiger charge is -2.02.